The van der Waals surface area contributed by atoms with Crippen molar-refractivity contribution in [3.8, 4) is 0 Å². The van der Waals surface area contributed by atoms with E-state index < -0.39 is 11.4 Å². The Morgan fingerprint density at radius 3 is 2.68 bits per heavy atom. The molecule has 5 heteroatoms. The van der Waals surface area contributed by atoms with Crippen molar-refractivity contribution in [3.63, 3.8) is 0 Å². The molecule has 1 aromatic carbocycles. The summed E-state index contributed by atoms with van der Waals surface area (Å²) in [5, 5.41) is 11.4. The van der Waals surface area contributed by atoms with Crippen molar-refractivity contribution >= 4 is 27.8 Å². The summed E-state index contributed by atoms with van der Waals surface area (Å²) in [6, 6.07) is 7.81. The molecule has 0 radical (unpaired) electrons. The highest BCUT2D eigenvalue weighted by Crippen LogP contribution is 2.48. The molecule has 2 rings (SSSR count). The summed E-state index contributed by atoms with van der Waals surface area (Å²) in [6.07, 6.45) is 2.27. The zero-order valence-corrected chi connectivity index (χ0v) is 12.1. The third kappa shape index (κ3) is 3.35. The zero-order chi connectivity index (χ0) is 13.9. The van der Waals surface area contributed by atoms with E-state index in [1.807, 2.05) is 24.3 Å². The van der Waals surface area contributed by atoms with Gasteiger partial charge < -0.3 is 10.4 Å². The lowest BCUT2D eigenvalue weighted by Gasteiger charge is -2.16. The third-order valence-corrected chi connectivity index (χ3v) is 3.91. The van der Waals surface area contributed by atoms with Crippen LogP contribution < -0.4 is 5.32 Å². The monoisotopic (exact) mass is 325 g/mol. The average Bonchev–Trinajstić information content (AvgIpc) is 3.15. The molecule has 0 aromatic heterocycles. The second kappa shape index (κ2) is 5.74. The highest BCUT2D eigenvalue weighted by Gasteiger charge is 2.51. The van der Waals surface area contributed by atoms with E-state index in [0.29, 0.717) is 13.0 Å². The number of carbonyl (C=O) groups is 2. The number of halogens is 1. The first-order chi connectivity index (χ1) is 9.04. The SMILES string of the molecule is O=C(O)CCCNC(=O)C1(c2cccc(Br)c2)CC1. The minimum atomic E-state index is -0.831. The molecule has 0 unspecified atom stereocenters. The molecule has 19 heavy (non-hydrogen) atoms. The molecule has 0 saturated heterocycles. The Hall–Kier alpha value is -1.36. The van der Waals surface area contributed by atoms with Crippen LogP contribution in [0.15, 0.2) is 28.7 Å². The van der Waals surface area contributed by atoms with E-state index in [-0.39, 0.29) is 12.3 Å². The van der Waals surface area contributed by atoms with E-state index in [4.69, 9.17) is 5.11 Å². The van der Waals surface area contributed by atoms with Crippen molar-refractivity contribution in [2.24, 2.45) is 0 Å². The van der Waals surface area contributed by atoms with Crippen molar-refractivity contribution < 1.29 is 14.7 Å². The summed E-state index contributed by atoms with van der Waals surface area (Å²) >= 11 is 3.41. The fourth-order valence-corrected chi connectivity index (χ4v) is 2.57. The van der Waals surface area contributed by atoms with E-state index >= 15 is 0 Å². The molecule has 0 heterocycles. The van der Waals surface area contributed by atoms with Crippen LogP contribution in [0.2, 0.25) is 0 Å². The highest BCUT2D eigenvalue weighted by atomic mass is 79.9. The van der Waals surface area contributed by atoms with Crippen molar-refractivity contribution in [2.45, 2.75) is 31.1 Å². The summed E-state index contributed by atoms with van der Waals surface area (Å²) < 4.78 is 0.968. The lowest BCUT2D eigenvalue weighted by atomic mass is 9.95. The summed E-state index contributed by atoms with van der Waals surface area (Å²) in [5.74, 6) is -0.821. The quantitative estimate of drug-likeness (QED) is 0.789. The lowest BCUT2D eigenvalue weighted by molar-refractivity contribution is -0.137. The molecule has 102 valence electrons. The Labute approximate surface area is 120 Å². The zero-order valence-electron chi connectivity index (χ0n) is 10.5. The van der Waals surface area contributed by atoms with Crippen LogP contribution in [0.5, 0.6) is 0 Å². The van der Waals surface area contributed by atoms with Crippen LogP contribution in [0.1, 0.15) is 31.2 Å². The van der Waals surface area contributed by atoms with Gasteiger partial charge in [-0.3, -0.25) is 9.59 Å². The summed E-state index contributed by atoms with van der Waals surface area (Å²) in [5.41, 5.74) is 0.630. The van der Waals surface area contributed by atoms with Crippen LogP contribution in [0, 0.1) is 0 Å². The number of hydrogen-bond acceptors (Lipinski definition) is 2. The van der Waals surface area contributed by atoms with Gasteiger partial charge in [-0.25, -0.2) is 0 Å². The van der Waals surface area contributed by atoms with E-state index in [9.17, 15) is 9.59 Å². The van der Waals surface area contributed by atoms with E-state index in [1.165, 1.54) is 0 Å². The minimum absolute atomic E-state index is 0.0102. The predicted molar refractivity (Wildman–Crippen MR) is 74.9 cm³/mol. The van der Waals surface area contributed by atoms with Crippen LogP contribution in [-0.2, 0) is 15.0 Å². The van der Waals surface area contributed by atoms with Crippen molar-refractivity contribution in [3.05, 3.63) is 34.3 Å². The maximum atomic E-state index is 12.2. The minimum Gasteiger partial charge on any atom is -0.481 e. The number of hydrogen-bond donors (Lipinski definition) is 2. The number of amides is 1. The van der Waals surface area contributed by atoms with Crippen LogP contribution in [0.25, 0.3) is 0 Å². The molecule has 0 bridgehead atoms. The van der Waals surface area contributed by atoms with E-state index in [0.717, 1.165) is 22.9 Å². The molecule has 4 nitrogen and oxygen atoms in total. The van der Waals surface area contributed by atoms with Gasteiger partial charge in [0.05, 0.1) is 5.41 Å². The number of benzene rings is 1. The fraction of sp³-hybridized carbons (Fsp3) is 0.429. The van der Waals surface area contributed by atoms with Crippen molar-refractivity contribution in [1.29, 1.82) is 0 Å². The standard InChI is InChI=1S/C14H16BrNO3/c15-11-4-1-3-10(9-11)14(6-7-14)13(19)16-8-2-5-12(17)18/h1,3-4,9H,2,5-8H2,(H,16,19)(H,17,18). The van der Waals surface area contributed by atoms with Gasteiger partial charge in [0.15, 0.2) is 0 Å². The Morgan fingerprint density at radius 2 is 2.11 bits per heavy atom. The average molecular weight is 326 g/mol. The molecule has 2 N–H and O–H groups in total. The summed E-state index contributed by atoms with van der Waals surface area (Å²) in [6.45, 7) is 0.418. The van der Waals surface area contributed by atoms with Gasteiger partial charge in [-0.1, -0.05) is 28.1 Å². The number of carbonyl (C=O) groups excluding carboxylic acids is 1. The molecule has 1 aliphatic carbocycles. The third-order valence-electron chi connectivity index (χ3n) is 3.41. The molecule has 1 aromatic rings. The van der Waals surface area contributed by atoms with Crippen molar-refractivity contribution in [2.75, 3.05) is 6.54 Å². The van der Waals surface area contributed by atoms with E-state index in [2.05, 4.69) is 21.2 Å². The largest absolute Gasteiger partial charge is 0.481 e. The molecule has 1 fully saturated rings. The van der Waals surface area contributed by atoms with Gasteiger partial charge in [0, 0.05) is 17.4 Å². The molecule has 0 atom stereocenters. The van der Waals surface area contributed by atoms with Crippen molar-refractivity contribution in [1.82, 2.24) is 5.32 Å². The number of rotatable bonds is 6. The first kappa shape index (κ1) is 14.1. The molecule has 0 aliphatic heterocycles. The van der Waals surface area contributed by atoms with Crippen LogP contribution in [0.3, 0.4) is 0 Å². The first-order valence-corrected chi connectivity index (χ1v) is 7.10. The summed E-state index contributed by atoms with van der Waals surface area (Å²) in [4.78, 5) is 22.6. The van der Waals surface area contributed by atoms with Gasteiger partial charge >= 0.3 is 5.97 Å². The Balaban J connectivity index is 1.93. The molecule has 1 saturated carbocycles. The number of carboxylic acid groups (broad SMARTS) is 1. The van der Waals surface area contributed by atoms with E-state index in [1.54, 1.807) is 0 Å². The maximum Gasteiger partial charge on any atom is 0.303 e. The number of nitrogens with one attached hydrogen (secondary N) is 1. The molecule has 1 amide bonds. The smallest absolute Gasteiger partial charge is 0.303 e. The topological polar surface area (TPSA) is 66.4 Å². The first-order valence-electron chi connectivity index (χ1n) is 6.31. The number of carboxylic acids is 1. The van der Waals surface area contributed by atoms with Crippen LogP contribution >= 0.6 is 15.9 Å². The van der Waals surface area contributed by atoms with Gasteiger partial charge in [0.1, 0.15) is 0 Å². The fourth-order valence-electron chi connectivity index (χ4n) is 2.17. The molecular weight excluding hydrogens is 310 g/mol. The highest BCUT2D eigenvalue weighted by molar-refractivity contribution is 9.10. The van der Waals surface area contributed by atoms with Gasteiger partial charge in [-0.2, -0.15) is 0 Å². The predicted octanol–water partition coefficient (Wildman–Crippen LogP) is 2.46. The second-order valence-corrected chi connectivity index (χ2v) is 5.76. The number of aliphatic carboxylic acids is 1. The Morgan fingerprint density at radius 1 is 1.37 bits per heavy atom. The normalized spacial score (nSPS) is 15.8. The van der Waals surface area contributed by atoms with Gasteiger partial charge in [0.25, 0.3) is 0 Å². The Bertz CT molecular complexity index is 497. The molecular formula is C14H16BrNO3. The summed E-state index contributed by atoms with van der Waals surface area (Å²) in [7, 11) is 0. The lowest BCUT2D eigenvalue weighted by Crippen LogP contribution is -2.35. The van der Waals surface area contributed by atoms with Gasteiger partial charge in [0.2, 0.25) is 5.91 Å². The van der Waals surface area contributed by atoms with Crippen LogP contribution in [0.4, 0.5) is 0 Å². The van der Waals surface area contributed by atoms with Crippen LogP contribution in [-0.4, -0.2) is 23.5 Å². The Kier molecular flexibility index (Phi) is 4.24. The molecule has 1 aliphatic rings. The second-order valence-electron chi connectivity index (χ2n) is 4.85. The van der Waals surface area contributed by atoms with Gasteiger partial charge in [-0.05, 0) is 37.0 Å². The maximum absolute atomic E-state index is 12.2. The van der Waals surface area contributed by atoms with Gasteiger partial charge in [-0.15, -0.1) is 0 Å². The molecule has 0 spiro atoms.